The summed E-state index contributed by atoms with van der Waals surface area (Å²) in [6, 6.07) is 6.21. The number of hydrogen-bond donors (Lipinski definition) is 1. The Morgan fingerprint density at radius 2 is 2.11 bits per heavy atom. The van der Waals surface area contributed by atoms with E-state index in [1.165, 1.54) is 5.39 Å². The molecule has 1 heterocycles. The highest BCUT2D eigenvalue weighted by Gasteiger charge is 2.32. The maximum Gasteiger partial charge on any atom is 0.0954 e. The minimum Gasteiger partial charge on any atom is -0.376 e. The molecule has 1 atom stereocenters. The summed E-state index contributed by atoms with van der Waals surface area (Å²) in [7, 11) is -1.46. The van der Waals surface area contributed by atoms with E-state index in [1.54, 1.807) is 0 Å². The maximum absolute atomic E-state index is 5.96. The van der Waals surface area contributed by atoms with E-state index < -0.39 is 8.07 Å². The number of ether oxygens (including phenoxy) is 1. The molecule has 0 aliphatic heterocycles. The maximum atomic E-state index is 5.96. The molecule has 1 aromatic carbocycles. The molecule has 0 spiro atoms. The van der Waals surface area contributed by atoms with Crippen LogP contribution in [0.1, 0.15) is 18.3 Å². The number of fused-ring (bicyclic) bond motifs is 1. The fourth-order valence-corrected chi connectivity index (χ4v) is 4.19. The van der Waals surface area contributed by atoms with Gasteiger partial charge in [-0.1, -0.05) is 35.6 Å². The van der Waals surface area contributed by atoms with Crippen molar-refractivity contribution in [1.29, 1.82) is 0 Å². The van der Waals surface area contributed by atoms with Crippen LogP contribution in [-0.4, -0.2) is 24.9 Å². The first kappa shape index (κ1) is 13.8. The molecule has 0 radical (unpaired) electrons. The molecule has 0 aliphatic carbocycles. The van der Waals surface area contributed by atoms with Crippen LogP contribution >= 0.6 is 15.9 Å². The van der Waals surface area contributed by atoms with Crippen LogP contribution in [0, 0.1) is 0 Å². The third kappa shape index (κ3) is 2.68. The van der Waals surface area contributed by atoms with E-state index in [9.17, 15) is 0 Å². The lowest BCUT2D eigenvalue weighted by atomic mass is 10.2. The number of nitrogens with one attached hydrogen (secondary N) is 1. The Morgan fingerprint density at radius 3 is 2.72 bits per heavy atom. The highest BCUT2D eigenvalue weighted by Crippen LogP contribution is 2.32. The van der Waals surface area contributed by atoms with Crippen LogP contribution in [0.5, 0.6) is 0 Å². The van der Waals surface area contributed by atoms with Crippen molar-refractivity contribution in [3.8, 4) is 0 Å². The fourth-order valence-electron chi connectivity index (χ4n) is 2.12. The van der Waals surface area contributed by atoms with Crippen LogP contribution in [0.15, 0.2) is 22.7 Å². The van der Waals surface area contributed by atoms with Gasteiger partial charge < -0.3 is 4.74 Å². The first-order valence-corrected chi connectivity index (χ1v) is 10.6. The Bertz CT molecular complexity index is 547. The van der Waals surface area contributed by atoms with Crippen LogP contribution in [0.2, 0.25) is 19.6 Å². The van der Waals surface area contributed by atoms with Gasteiger partial charge in [-0.2, -0.15) is 5.10 Å². The lowest BCUT2D eigenvalue weighted by Crippen LogP contribution is -2.33. The number of aromatic nitrogens is 2. The molecule has 1 aromatic heterocycles. The molecule has 2 aromatic rings. The van der Waals surface area contributed by atoms with E-state index in [1.807, 2.05) is 6.92 Å². The molecule has 1 N–H and O–H groups in total. The quantitative estimate of drug-likeness (QED) is 0.851. The molecule has 0 bridgehead atoms. The molecule has 2 rings (SSSR count). The number of rotatable bonds is 4. The summed E-state index contributed by atoms with van der Waals surface area (Å²) in [5.41, 5.74) is 2.25. The van der Waals surface area contributed by atoms with Gasteiger partial charge in [0.15, 0.2) is 0 Å². The van der Waals surface area contributed by atoms with Gasteiger partial charge in [-0.3, -0.25) is 5.10 Å². The van der Waals surface area contributed by atoms with Gasteiger partial charge in [0.05, 0.1) is 25.0 Å². The second-order valence-corrected chi connectivity index (χ2v) is 11.7. The molecular weight excluding hydrogens is 308 g/mol. The normalized spacial score (nSPS) is 14.1. The monoisotopic (exact) mass is 326 g/mol. The zero-order valence-electron chi connectivity index (χ0n) is 11.2. The predicted molar refractivity (Wildman–Crippen MR) is 81.5 cm³/mol. The fraction of sp³-hybridized carbons (Fsp3) is 0.462. The van der Waals surface area contributed by atoms with Crippen molar-refractivity contribution in [1.82, 2.24) is 10.2 Å². The molecule has 98 valence electrons. The van der Waals surface area contributed by atoms with Crippen LogP contribution < -0.4 is 0 Å². The molecule has 0 amide bonds. The molecule has 0 saturated carbocycles. The van der Waals surface area contributed by atoms with E-state index in [4.69, 9.17) is 4.74 Å². The van der Waals surface area contributed by atoms with Gasteiger partial charge >= 0.3 is 0 Å². The number of H-pyrrole nitrogens is 1. The van der Waals surface area contributed by atoms with E-state index in [2.05, 4.69) is 64.0 Å². The summed E-state index contributed by atoms with van der Waals surface area (Å²) in [5, 5.41) is 8.75. The van der Waals surface area contributed by atoms with Crippen LogP contribution in [0.25, 0.3) is 10.9 Å². The number of benzene rings is 1. The molecule has 1 unspecified atom stereocenters. The predicted octanol–water partition coefficient (Wildman–Crippen LogP) is 4.28. The number of nitrogens with zero attached hydrogens (tertiary/aromatic N) is 1. The first-order chi connectivity index (χ1) is 8.43. The van der Waals surface area contributed by atoms with Crippen molar-refractivity contribution >= 4 is 34.9 Å². The van der Waals surface area contributed by atoms with Crippen molar-refractivity contribution in [2.45, 2.75) is 32.3 Å². The van der Waals surface area contributed by atoms with Gasteiger partial charge in [-0.25, -0.2) is 0 Å². The molecule has 5 heteroatoms. The minimum absolute atomic E-state index is 0.137. The third-order valence-corrected chi connectivity index (χ3v) is 5.43. The Morgan fingerprint density at radius 1 is 1.39 bits per heavy atom. The van der Waals surface area contributed by atoms with Gasteiger partial charge in [-0.05, 0) is 25.1 Å². The Hall–Kier alpha value is -0.653. The first-order valence-electron chi connectivity index (χ1n) is 6.18. The smallest absolute Gasteiger partial charge is 0.0954 e. The van der Waals surface area contributed by atoms with Gasteiger partial charge in [0.25, 0.3) is 0 Å². The van der Waals surface area contributed by atoms with Crippen LogP contribution in [0.3, 0.4) is 0 Å². The standard InChI is InChI=1S/C13H19BrN2OSi/c1-5-17-13(18(2,3)4)12-10-7-6-9(14)8-11(10)15-16-12/h6-8,13H,5H2,1-4H3,(H,15,16). The summed E-state index contributed by atoms with van der Waals surface area (Å²) in [6.45, 7) is 9.70. The van der Waals surface area contributed by atoms with Crippen LogP contribution in [0.4, 0.5) is 0 Å². The van der Waals surface area contributed by atoms with E-state index >= 15 is 0 Å². The number of halogens is 1. The van der Waals surface area contributed by atoms with E-state index in [0.29, 0.717) is 0 Å². The lowest BCUT2D eigenvalue weighted by molar-refractivity contribution is 0.110. The zero-order chi connectivity index (χ0) is 13.3. The summed E-state index contributed by atoms with van der Waals surface area (Å²) < 4.78 is 7.02. The topological polar surface area (TPSA) is 37.9 Å². The molecule has 0 fully saturated rings. The Kier molecular flexibility index (Phi) is 3.94. The summed E-state index contributed by atoms with van der Waals surface area (Å²) >= 11 is 3.48. The van der Waals surface area contributed by atoms with E-state index in [0.717, 1.165) is 22.3 Å². The largest absolute Gasteiger partial charge is 0.376 e. The summed E-state index contributed by atoms with van der Waals surface area (Å²) in [4.78, 5) is 0. The molecule has 18 heavy (non-hydrogen) atoms. The second-order valence-electron chi connectivity index (χ2n) is 5.50. The van der Waals surface area contributed by atoms with Crippen molar-refractivity contribution < 1.29 is 4.74 Å². The van der Waals surface area contributed by atoms with Crippen molar-refractivity contribution in [2.24, 2.45) is 0 Å². The Labute approximate surface area is 117 Å². The van der Waals surface area contributed by atoms with Crippen molar-refractivity contribution in [3.63, 3.8) is 0 Å². The van der Waals surface area contributed by atoms with Gasteiger partial charge in [0.1, 0.15) is 0 Å². The molecule has 0 saturated heterocycles. The molecule has 0 aliphatic rings. The third-order valence-electron chi connectivity index (χ3n) is 2.92. The van der Waals surface area contributed by atoms with Crippen LogP contribution in [-0.2, 0) is 4.74 Å². The molecular formula is C13H19BrN2OSi. The highest BCUT2D eigenvalue weighted by atomic mass is 79.9. The lowest BCUT2D eigenvalue weighted by Gasteiger charge is -2.27. The van der Waals surface area contributed by atoms with E-state index in [-0.39, 0.29) is 5.73 Å². The summed E-state index contributed by atoms with van der Waals surface area (Å²) in [6.07, 6.45) is 0. The minimum atomic E-state index is -1.46. The van der Waals surface area contributed by atoms with Crippen molar-refractivity contribution in [3.05, 3.63) is 28.4 Å². The molecule has 3 nitrogen and oxygen atoms in total. The number of aromatic amines is 1. The van der Waals surface area contributed by atoms with Crippen molar-refractivity contribution in [2.75, 3.05) is 6.61 Å². The van der Waals surface area contributed by atoms with Gasteiger partial charge in [0.2, 0.25) is 0 Å². The Balaban J connectivity index is 2.51. The SMILES string of the molecule is CCOC(c1n[nH]c2cc(Br)ccc12)[Si](C)(C)C. The zero-order valence-corrected chi connectivity index (χ0v) is 13.8. The highest BCUT2D eigenvalue weighted by molar-refractivity contribution is 9.10. The van der Waals surface area contributed by atoms with Gasteiger partial charge in [-0.15, -0.1) is 0 Å². The second kappa shape index (κ2) is 5.15. The summed E-state index contributed by atoms with van der Waals surface area (Å²) in [5.74, 6) is 0. The average molecular weight is 327 g/mol. The van der Waals surface area contributed by atoms with Gasteiger partial charge in [0, 0.05) is 16.5 Å². The number of hydrogen-bond acceptors (Lipinski definition) is 2. The average Bonchev–Trinajstić information content (AvgIpc) is 2.66.